The van der Waals surface area contributed by atoms with E-state index in [2.05, 4.69) is 20.9 Å². The number of carboxylic acids is 1. The molecule has 0 atom stereocenters. The van der Waals surface area contributed by atoms with Gasteiger partial charge in [-0.15, -0.1) is 0 Å². The lowest BCUT2D eigenvalue weighted by atomic mass is 10.1. The highest BCUT2D eigenvalue weighted by Crippen LogP contribution is 2.24. The molecule has 3 nitrogen and oxygen atoms in total. The summed E-state index contributed by atoms with van der Waals surface area (Å²) in [5, 5.41) is 10.6. The van der Waals surface area contributed by atoms with Crippen LogP contribution in [0.2, 0.25) is 0 Å². The second kappa shape index (κ2) is 3.38. The molecule has 70 valence electrons. The molecule has 1 aromatic carbocycles. The van der Waals surface area contributed by atoms with Crippen molar-refractivity contribution in [1.29, 1.82) is 0 Å². The van der Waals surface area contributed by atoms with E-state index >= 15 is 0 Å². The van der Waals surface area contributed by atoms with Crippen molar-refractivity contribution in [2.24, 2.45) is 0 Å². The summed E-state index contributed by atoms with van der Waals surface area (Å²) in [4.78, 5) is 14.7. The Balaban J connectivity index is 2.78. The summed E-state index contributed by atoms with van der Waals surface area (Å²) >= 11 is 3.32. The van der Waals surface area contributed by atoms with Crippen LogP contribution in [0.4, 0.5) is 0 Å². The van der Waals surface area contributed by atoms with Gasteiger partial charge in [-0.3, -0.25) is 4.98 Å². The molecule has 14 heavy (non-hydrogen) atoms. The van der Waals surface area contributed by atoms with Gasteiger partial charge < -0.3 is 5.11 Å². The van der Waals surface area contributed by atoms with E-state index in [-0.39, 0.29) is 5.56 Å². The van der Waals surface area contributed by atoms with Crippen molar-refractivity contribution in [3.8, 4) is 0 Å². The van der Waals surface area contributed by atoms with E-state index in [4.69, 9.17) is 5.11 Å². The highest BCUT2D eigenvalue weighted by Gasteiger charge is 2.06. The molecule has 0 aliphatic rings. The summed E-state index contributed by atoms with van der Waals surface area (Å²) in [6.45, 7) is 0. The molecule has 1 N–H and O–H groups in total. The Morgan fingerprint density at radius 1 is 1.43 bits per heavy atom. The molecule has 0 aliphatic carbocycles. The second-order valence-electron chi connectivity index (χ2n) is 2.86. The minimum Gasteiger partial charge on any atom is -0.478 e. The predicted molar refractivity (Wildman–Crippen MR) is 56.4 cm³/mol. The highest BCUT2D eigenvalue weighted by atomic mass is 79.9. The molecule has 2 rings (SSSR count). The van der Waals surface area contributed by atoms with Gasteiger partial charge in [0.25, 0.3) is 0 Å². The van der Waals surface area contributed by atoms with Crippen molar-refractivity contribution < 1.29 is 9.90 Å². The zero-order valence-electron chi connectivity index (χ0n) is 7.07. The number of rotatable bonds is 1. The average molecular weight is 252 g/mol. The van der Waals surface area contributed by atoms with Crippen molar-refractivity contribution >= 4 is 32.7 Å². The normalized spacial score (nSPS) is 10.4. The molecule has 2 aromatic rings. The van der Waals surface area contributed by atoms with E-state index in [1.807, 2.05) is 6.07 Å². The number of aromatic carboxylic acids is 1. The van der Waals surface area contributed by atoms with Crippen molar-refractivity contribution in [1.82, 2.24) is 4.98 Å². The van der Waals surface area contributed by atoms with E-state index < -0.39 is 5.97 Å². The first kappa shape index (κ1) is 9.15. The summed E-state index contributed by atoms with van der Waals surface area (Å²) in [6, 6.07) is 5.03. The van der Waals surface area contributed by atoms with E-state index in [1.54, 1.807) is 24.5 Å². The van der Waals surface area contributed by atoms with Crippen molar-refractivity contribution in [3.63, 3.8) is 0 Å². The molecule has 0 unspecified atom stereocenters. The number of carboxylic acid groups (broad SMARTS) is 1. The van der Waals surface area contributed by atoms with Crippen LogP contribution in [0.25, 0.3) is 10.8 Å². The van der Waals surface area contributed by atoms with Crippen molar-refractivity contribution in [2.45, 2.75) is 0 Å². The van der Waals surface area contributed by atoms with Gasteiger partial charge in [0.2, 0.25) is 0 Å². The third kappa shape index (κ3) is 1.48. The van der Waals surface area contributed by atoms with Crippen LogP contribution < -0.4 is 0 Å². The average Bonchev–Trinajstić information content (AvgIpc) is 2.17. The quantitative estimate of drug-likeness (QED) is 0.848. The molecule has 0 aliphatic heterocycles. The zero-order valence-corrected chi connectivity index (χ0v) is 8.65. The molecule has 0 spiro atoms. The maximum absolute atomic E-state index is 10.8. The van der Waals surface area contributed by atoms with E-state index in [0.717, 1.165) is 15.2 Å². The van der Waals surface area contributed by atoms with Gasteiger partial charge >= 0.3 is 5.97 Å². The van der Waals surface area contributed by atoms with E-state index in [1.165, 1.54) is 0 Å². The fraction of sp³-hybridized carbons (Fsp3) is 0. The fourth-order valence-corrected chi connectivity index (χ4v) is 1.89. The second-order valence-corrected chi connectivity index (χ2v) is 3.71. The number of aromatic nitrogens is 1. The molecular weight excluding hydrogens is 246 g/mol. The highest BCUT2D eigenvalue weighted by molar-refractivity contribution is 9.10. The SMILES string of the molecule is O=C(O)c1cc(Br)c2ccncc2c1. The summed E-state index contributed by atoms with van der Waals surface area (Å²) in [5.41, 5.74) is 0.261. The summed E-state index contributed by atoms with van der Waals surface area (Å²) in [5.74, 6) is -0.934. The molecule has 1 heterocycles. The number of nitrogens with zero attached hydrogens (tertiary/aromatic N) is 1. The van der Waals surface area contributed by atoms with Crippen LogP contribution in [0.3, 0.4) is 0 Å². The lowest BCUT2D eigenvalue weighted by molar-refractivity contribution is 0.0697. The van der Waals surface area contributed by atoms with Gasteiger partial charge in [-0.25, -0.2) is 4.79 Å². The lowest BCUT2D eigenvalue weighted by Gasteiger charge is -2.01. The van der Waals surface area contributed by atoms with Gasteiger partial charge in [-0.1, -0.05) is 15.9 Å². The van der Waals surface area contributed by atoms with Gasteiger partial charge in [0.05, 0.1) is 5.56 Å². The molecule has 0 bridgehead atoms. The number of carbonyl (C=O) groups is 1. The van der Waals surface area contributed by atoms with Gasteiger partial charge in [-0.2, -0.15) is 0 Å². The van der Waals surface area contributed by atoms with Crippen LogP contribution in [0.5, 0.6) is 0 Å². The number of pyridine rings is 1. The smallest absolute Gasteiger partial charge is 0.335 e. The maximum Gasteiger partial charge on any atom is 0.335 e. The Labute approximate surface area is 88.5 Å². The molecule has 0 saturated carbocycles. The third-order valence-corrected chi connectivity index (χ3v) is 2.61. The van der Waals surface area contributed by atoms with Crippen molar-refractivity contribution in [3.05, 3.63) is 40.6 Å². The number of hydrogen-bond acceptors (Lipinski definition) is 2. The van der Waals surface area contributed by atoms with E-state index in [0.29, 0.717) is 0 Å². The summed E-state index contributed by atoms with van der Waals surface area (Å²) < 4.78 is 0.773. The molecule has 4 heteroatoms. The molecule has 0 radical (unpaired) electrons. The Morgan fingerprint density at radius 3 is 2.93 bits per heavy atom. The largest absolute Gasteiger partial charge is 0.478 e. The van der Waals surface area contributed by atoms with Gasteiger partial charge in [0.15, 0.2) is 0 Å². The minimum absolute atomic E-state index is 0.261. The van der Waals surface area contributed by atoms with Gasteiger partial charge in [-0.05, 0) is 23.6 Å². The molecule has 0 saturated heterocycles. The first-order valence-corrected chi connectivity index (χ1v) is 4.74. The Hall–Kier alpha value is -1.42. The van der Waals surface area contributed by atoms with Crippen LogP contribution >= 0.6 is 15.9 Å². The predicted octanol–water partition coefficient (Wildman–Crippen LogP) is 2.70. The summed E-state index contributed by atoms with van der Waals surface area (Å²) in [6.07, 6.45) is 3.32. The Kier molecular flexibility index (Phi) is 2.21. The third-order valence-electron chi connectivity index (χ3n) is 1.95. The minimum atomic E-state index is -0.934. The number of hydrogen-bond donors (Lipinski definition) is 1. The lowest BCUT2D eigenvalue weighted by Crippen LogP contribution is -1.96. The molecule has 1 aromatic heterocycles. The maximum atomic E-state index is 10.8. The van der Waals surface area contributed by atoms with Crippen LogP contribution in [-0.2, 0) is 0 Å². The first-order valence-electron chi connectivity index (χ1n) is 3.95. The molecule has 0 amide bonds. The van der Waals surface area contributed by atoms with Crippen LogP contribution in [-0.4, -0.2) is 16.1 Å². The Bertz CT molecular complexity index is 510. The number of fused-ring (bicyclic) bond motifs is 1. The van der Waals surface area contributed by atoms with Crippen LogP contribution in [0, 0.1) is 0 Å². The zero-order chi connectivity index (χ0) is 10.1. The van der Waals surface area contributed by atoms with Crippen LogP contribution in [0.15, 0.2) is 35.1 Å². The topological polar surface area (TPSA) is 50.2 Å². The van der Waals surface area contributed by atoms with Gasteiger partial charge in [0.1, 0.15) is 0 Å². The Morgan fingerprint density at radius 2 is 2.21 bits per heavy atom. The van der Waals surface area contributed by atoms with Crippen LogP contribution in [0.1, 0.15) is 10.4 Å². The molecular formula is C10H6BrNO2. The number of benzene rings is 1. The van der Waals surface area contributed by atoms with Gasteiger partial charge in [0, 0.05) is 22.3 Å². The standard InChI is InChI=1S/C10H6BrNO2/c11-9-4-6(10(13)14)3-7-5-12-2-1-8(7)9/h1-5H,(H,13,14). The summed E-state index contributed by atoms with van der Waals surface area (Å²) in [7, 11) is 0. The molecule has 0 fully saturated rings. The first-order chi connectivity index (χ1) is 6.68. The monoisotopic (exact) mass is 251 g/mol. The number of halogens is 1. The van der Waals surface area contributed by atoms with Crippen molar-refractivity contribution in [2.75, 3.05) is 0 Å². The fourth-order valence-electron chi connectivity index (χ4n) is 1.29. The van der Waals surface area contributed by atoms with E-state index in [9.17, 15) is 4.79 Å².